The fraction of sp³-hybridized carbons (Fsp3) is 0.529. The van der Waals surface area contributed by atoms with Gasteiger partial charge in [0.05, 0.1) is 13.0 Å². The molecule has 4 nitrogen and oxygen atoms in total. The molecule has 0 aromatic heterocycles. The second-order valence-electron chi connectivity index (χ2n) is 5.10. The highest BCUT2D eigenvalue weighted by molar-refractivity contribution is 5.77. The minimum Gasteiger partial charge on any atom is -0.466 e. The molecule has 5 heteroatoms. The van der Waals surface area contributed by atoms with Crippen LogP contribution in [0.5, 0.6) is 0 Å². The summed E-state index contributed by atoms with van der Waals surface area (Å²) >= 11 is 0. The van der Waals surface area contributed by atoms with Crippen molar-refractivity contribution in [2.75, 3.05) is 13.2 Å². The first kappa shape index (κ1) is 18.1. The molecule has 0 aliphatic heterocycles. The van der Waals surface area contributed by atoms with Crippen LogP contribution in [0.3, 0.4) is 0 Å². The van der Waals surface area contributed by atoms with Crippen molar-refractivity contribution in [3.05, 3.63) is 35.6 Å². The zero-order chi connectivity index (χ0) is 16.4. The molecule has 0 saturated heterocycles. The highest BCUT2D eigenvalue weighted by atomic mass is 19.1. The molecule has 1 aromatic carbocycles. The number of carbonyl (C=O) groups excluding carboxylic acids is 2. The summed E-state index contributed by atoms with van der Waals surface area (Å²) in [5.74, 6) is -0.607. The number of benzene rings is 1. The maximum atomic E-state index is 12.9. The Hall–Kier alpha value is -1.91. The number of hydrogen-bond donors (Lipinski definition) is 0. The second-order valence-corrected chi connectivity index (χ2v) is 5.10. The van der Waals surface area contributed by atoms with Crippen molar-refractivity contribution in [3.63, 3.8) is 0 Å². The van der Waals surface area contributed by atoms with Crippen LogP contribution in [-0.4, -0.2) is 29.9 Å². The number of halogens is 1. The molecule has 122 valence electrons. The number of rotatable bonds is 9. The van der Waals surface area contributed by atoms with E-state index in [1.165, 1.54) is 12.1 Å². The van der Waals surface area contributed by atoms with Gasteiger partial charge in [-0.1, -0.05) is 25.5 Å². The molecule has 1 aromatic rings. The maximum Gasteiger partial charge on any atom is 0.307 e. The van der Waals surface area contributed by atoms with Crippen molar-refractivity contribution in [2.24, 2.45) is 0 Å². The summed E-state index contributed by atoms with van der Waals surface area (Å²) in [6.07, 6.45) is 2.39. The number of hydrogen-bond acceptors (Lipinski definition) is 3. The van der Waals surface area contributed by atoms with Crippen molar-refractivity contribution in [1.82, 2.24) is 4.90 Å². The van der Waals surface area contributed by atoms with E-state index in [-0.39, 0.29) is 24.1 Å². The highest BCUT2D eigenvalue weighted by Crippen LogP contribution is 2.10. The summed E-state index contributed by atoms with van der Waals surface area (Å²) in [6, 6.07) is 6.05. The third-order valence-electron chi connectivity index (χ3n) is 3.27. The lowest BCUT2D eigenvalue weighted by Crippen LogP contribution is -2.32. The van der Waals surface area contributed by atoms with E-state index in [1.54, 1.807) is 24.0 Å². The lowest BCUT2D eigenvalue weighted by molar-refractivity contribution is -0.144. The number of carbonyl (C=O) groups is 2. The normalized spacial score (nSPS) is 10.3. The molecule has 0 saturated carbocycles. The standard InChI is InChI=1S/C17H24FNO3/c1-3-5-6-16(20)19(12-11-17(21)22-4-2)13-14-7-9-15(18)10-8-14/h7-10H,3-6,11-13H2,1-2H3. The SMILES string of the molecule is CCCCC(=O)N(CCC(=O)OCC)Cc1ccc(F)cc1. The average Bonchev–Trinajstić information content (AvgIpc) is 2.51. The van der Waals surface area contributed by atoms with Gasteiger partial charge in [0.25, 0.3) is 0 Å². The predicted molar refractivity (Wildman–Crippen MR) is 82.6 cm³/mol. The molecule has 0 N–H and O–H groups in total. The monoisotopic (exact) mass is 309 g/mol. The summed E-state index contributed by atoms with van der Waals surface area (Å²) < 4.78 is 17.8. The number of nitrogens with zero attached hydrogens (tertiary/aromatic N) is 1. The Kier molecular flexibility index (Phi) is 8.18. The van der Waals surface area contributed by atoms with Crippen LogP contribution in [0.2, 0.25) is 0 Å². The van der Waals surface area contributed by atoms with E-state index < -0.39 is 0 Å². The maximum absolute atomic E-state index is 12.9. The minimum atomic E-state index is -0.310. The van der Waals surface area contributed by atoms with E-state index in [4.69, 9.17) is 4.74 Å². The fourth-order valence-corrected chi connectivity index (χ4v) is 2.05. The molecule has 0 fully saturated rings. The average molecular weight is 309 g/mol. The fourth-order valence-electron chi connectivity index (χ4n) is 2.05. The van der Waals surface area contributed by atoms with Gasteiger partial charge in [0.1, 0.15) is 5.82 Å². The van der Waals surface area contributed by atoms with Crippen molar-refractivity contribution >= 4 is 11.9 Å². The number of amides is 1. The predicted octanol–water partition coefficient (Wildman–Crippen LogP) is 3.30. The Balaban J connectivity index is 2.66. The molecule has 1 amide bonds. The molecule has 1 rings (SSSR count). The zero-order valence-electron chi connectivity index (χ0n) is 13.3. The number of unbranched alkanes of at least 4 members (excludes halogenated alkanes) is 1. The van der Waals surface area contributed by atoms with E-state index in [1.807, 2.05) is 6.92 Å². The molecule has 0 spiro atoms. The third-order valence-corrected chi connectivity index (χ3v) is 3.27. The number of esters is 1. The molecule has 0 bridgehead atoms. The van der Waals surface area contributed by atoms with E-state index >= 15 is 0 Å². The highest BCUT2D eigenvalue weighted by Gasteiger charge is 2.15. The largest absolute Gasteiger partial charge is 0.466 e. The van der Waals surface area contributed by atoms with Gasteiger partial charge in [-0.25, -0.2) is 4.39 Å². The zero-order valence-corrected chi connectivity index (χ0v) is 13.3. The smallest absolute Gasteiger partial charge is 0.307 e. The molecule has 0 aliphatic carbocycles. The third kappa shape index (κ3) is 6.70. The first-order valence-corrected chi connectivity index (χ1v) is 7.74. The van der Waals surface area contributed by atoms with Crippen LogP contribution in [0.1, 0.15) is 45.1 Å². The second kappa shape index (κ2) is 9.92. The summed E-state index contributed by atoms with van der Waals surface area (Å²) in [7, 11) is 0. The van der Waals surface area contributed by atoms with Crippen LogP contribution in [0.4, 0.5) is 4.39 Å². The van der Waals surface area contributed by atoms with E-state index in [0.717, 1.165) is 18.4 Å². The van der Waals surface area contributed by atoms with Crippen LogP contribution in [0, 0.1) is 5.82 Å². The molecule has 0 aliphatic rings. The van der Waals surface area contributed by atoms with Gasteiger partial charge in [-0.05, 0) is 31.0 Å². The lowest BCUT2D eigenvalue weighted by Gasteiger charge is -2.22. The first-order valence-electron chi connectivity index (χ1n) is 7.74. The molecular weight excluding hydrogens is 285 g/mol. The minimum absolute atomic E-state index is 0.00970. The lowest BCUT2D eigenvalue weighted by atomic mass is 10.1. The Morgan fingerprint density at radius 1 is 1.14 bits per heavy atom. The van der Waals surface area contributed by atoms with E-state index in [0.29, 0.717) is 26.1 Å². The van der Waals surface area contributed by atoms with Crippen LogP contribution >= 0.6 is 0 Å². The Morgan fingerprint density at radius 2 is 1.82 bits per heavy atom. The van der Waals surface area contributed by atoms with Crippen molar-refractivity contribution in [3.8, 4) is 0 Å². The quantitative estimate of drug-likeness (QED) is 0.658. The Morgan fingerprint density at radius 3 is 2.41 bits per heavy atom. The van der Waals surface area contributed by atoms with Gasteiger partial charge in [-0.3, -0.25) is 9.59 Å². The van der Waals surface area contributed by atoms with Gasteiger partial charge in [-0.15, -0.1) is 0 Å². The first-order chi connectivity index (χ1) is 10.6. The summed E-state index contributed by atoms with van der Waals surface area (Å²) in [5, 5.41) is 0. The van der Waals surface area contributed by atoms with Crippen LogP contribution in [-0.2, 0) is 20.9 Å². The molecular formula is C17H24FNO3. The molecule has 0 radical (unpaired) electrons. The van der Waals surface area contributed by atoms with Crippen LogP contribution in [0.25, 0.3) is 0 Å². The number of ether oxygens (including phenoxy) is 1. The van der Waals surface area contributed by atoms with Gasteiger partial charge >= 0.3 is 5.97 Å². The molecule has 0 atom stereocenters. The van der Waals surface area contributed by atoms with Crippen LogP contribution in [0.15, 0.2) is 24.3 Å². The Bertz CT molecular complexity index is 473. The molecule has 0 heterocycles. The van der Waals surface area contributed by atoms with E-state index in [9.17, 15) is 14.0 Å². The van der Waals surface area contributed by atoms with Crippen molar-refractivity contribution in [2.45, 2.75) is 46.1 Å². The van der Waals surface area contributed by atoms with Gasteiger partial charge in [0.2, 0.25) is 5.91 Å². The van der Waals surface area contributed by atoms with Crippen molar-refractivity contribution in [1.29, 1.82) is 0 Å². The molecule has 22 heavy (non-hydrogen) atoms. The summed E-state index contributed by atoms with van der Waals surface area (Å²) in [5.41, 5.74) is 0.843. The topological polar surface area (TPSA) is 46.6 Å². The van der Waals surface area contributed by atoms with Gasteiger partial charge in [0.15, 0.2) is 0 Å². The van der Waals surface area contributed by atoms with Gasteiger partial charge < -0.3 is 9.64 Å². The van der Waals surface area contributed by atoms with Crippen LogP contribution < -0.4 is 0 Å². The van der Waals surface area contributed by atoms with Gasteiger partial charge in [-0.2, -0.15) is 0 Å². The van der Waals surface area contributed by atoms with Gasteiger partial charge in [0, 0.05) is 19.5 Å². The summed E-state index contributed by atoms with van der Waals surface area (Å²) in [4.78, 5) is 25.4. The van der Waals surface area contributed by atoms with E-state index in [2.05, 4.69) is 0 Å². The molecule has 0 unspecified atom stereocenters. The van der Waals surface area contributed by atoms with Crippen molar-refractivity contribution < 1.29 is 18.7 Å². The Labute approximate surface area is 131 Å². The summed E-state index contributed by atoms with van der Waals surface area (Å²) in [6.45, 7) is 4.80.